The van der Waals surface area contributed by atoms with E-state index in [-0.39, 0.29) is 5.75 Å². The van der Waals surface area contributed by atoms with Crippen LogP contribution in [0.2, 0.25) is 0 Å². The number of halogens is 3. The van der Waals surface area contributed by atoms with E-state index in [0.29, 0.717) is 17.3 Å². The summed E-state index contributed by atoms with van der Waals surface area (Å²) in [7, 11) is 0. The summed E-state index contributed by atoms with van der Waals surface area (Å²) in [6.45, 7) is 0. The van der Waals surface area contributed by atoms with E-state index in [1.54, 1.807) is 12.1 Å². The van der Waals surface area contributed by atoms with Crippen LogP contribution in [0, 0.1) is 0 Å². The van der Waals surface area contributed by atoms with Crippen LogP contribution in [0.3, 0.4) is 0 Å². The molecule has 0 spiro atoms. The third kappa shape index (κ3) is 4.97. The van der Waals surface area contributed by atoms with Gasteiger partial charge in [-0.25, -0.2) is 0 Å². The molecule has 0 fully saturated rings. The van der Waals surface area contributed by atoms with Crippen molar-refractivity contribution in [1.29, 1.82) is 0 Å². The number of ether oxygens (including phenoxy) is 1. The van der Waals surface area contributed by atoms with Crippen molar-refractivity contribution in [3.05, 3.63) is 114 Å². The number of hydrogen-bond acceptors (Lipinski definition) is 4. The molecule has 0 atom stereocenters. The molecule has 190 valence electrons. The van der Waals surface area contributed by atoms with Crippen molar-refractivity contribution in [3.63, 3.8) is 0 Å². The molecule has 0 saturated carbocycles. The molecule has 6 rings (SSSR count). The molecule has 4 aromatic carbocycles. The maximum Gasteiger partial charge on any atom is 0.573 e. The van der Waals surface area contributed by atoms with Crippen molar-refractivity contribution < 1.29 is 17.9 Å². The summed E-state index contributed by atoms with van der Waals surface area (Å²) in [4.78, 5) is 3.55. The fraction of sp³-hybridized carbons (Fsp3) is 0.103. The van der Waals surface area contributed by atoms with Gasteiger partial charge in [-0.05, 0) is 41.5 Å². The van der Waals surface area contributed by atoms with Crippen molar-refractivity contribution in [3.8, 4) is 11.4 Å². The van der Waals surface area contributed by atoms with Crippen LogP contribution in [0.1, 0.15) is 17.0 Å². The molecular formula is C29H21F3N4OS. The second kappa shape index (κ2) is 9.90. The van der Waals surface area contributed by atoms with Gasteiger partial charge in [-0.2, -0.15) is 0 Å². The van der Waals surface area contributed by atoms with Gasteiger partial charge in [0.15, 0.2) is 5.16 Å². The lowest BCUT2D eigenvalue weighted by Gasteiger charge is -2.11. The van der Waals surface area contributed by atoms with Crippen LogP contribution in [-0.2, 0) is 12.2 Å². The van der Waals surface area contributed by atoms with E-state index >= 15 is 0 Å². The summed E-state index contributed by atoms with van der Waals surface area (Å²) in [5, 5.41) is 12.1. The number of aromatic amines is 1. The molecule has 2 aromatic heterocycles. The van der Waals surface area contributed by atoms with Crippen molar-refractivity contribution in [2.75, 3.05) is 0 Å². The quantitative estimate of drug-likeness (QED) is 0.215. The highest BCUT2D eigenvalue weighted by atomic mass is 32.2. The SMILES string of the molecule is FC(F)(F)Oc1ccc(CSc2nnc(Cc3cccc4c3[nH]c3ccccc34)n2-c2ccccc2)cc1. The topological polar surface area (TPSA) is 55.7 Å². The largest absolute Gasteiger partial charge is 0.573 e. The van der Waals surface area contributed by atoms with E-state index in [2.05, 4.69) is 50.3 Å². The molecule has 0 radical (unpaired) electrons. The lowest BCUT2D eigenvalue weighted by Crippen LogP contribution is -2.16. The molecule has 0 aliphatic carbocycles. The Labute approximate surface area is 220 Å². The monoisotopic (exact) mass is 530 g/mol. The van der Waals surface area contributed by atoms with Gasteiger partial charge in [0.2, 0.25) is 0 Å². The maximum absolute atomic E-state index is 12.5. The third-order valence-corrected chi connectivity index (χ3v) is 7.22. The number of nitrogens with zero attached hydrogens (tertiary/aromatic N) is 3. The first kappa shape index (κ1) is 24.1. The fourth-order valence-corrected chi connectivity index (χ4v) is 5.46. The van der Waals surface area contributed by atoms with Gasteiger partial charge in [-0.3, -0.25) is 4.57 Å². The van der Waals surface area contributed by atoms with Gasteiger partial charge in [-0.15, -0.1) is 23.4 Å². The zero-order valence-corrected chi connectivity index (χ0v) is 20.8. The number of aromatic nitrogens is 4. The number of rotatable bonds is 7. The average Bonchev–Trinajstić information content (AvgIpc) is 3.50. The summed E-state index contributed by atoms with van der Waals surface area (Å²) in [6.07, 6.45) is -4.15. The molecule has 1 N–H and O–H groups in total. The normalized spacial score (nSPS) is 11.9. The number of thioether (sulfide) groups is 1. The Morgan fingerprint density at radius 2 is 1.53 bits per heavy atom. The number of H-pyrrole nitrogens is 1. The van der Waals surface area contributed by atoms with Crippen molar-refractivity contribution in [2.45, 2.75) is 23.7 Å². The van der Waals surface area contributed by atoms with Crippen LogP contribution < -0.4 is 4.74 Å². The Hall–Kier alpha value is -4.24. The van der Waals surface area contributed by atoms with Crippen molar-refractivity contribution in [2.24, 2.45) is 0 Å². The maximum atomic E-state index is 12.5. The van der Waals surface area contributed by atoms with Gasteiger partial charge in [0, 0.05) is 34.2 Å². The lowest BCUT2D eigenvalue weighted by atomic mass is 10.1. The summed E-state index contributed by atoms with van der Waals surface area (Å²) in [6, 6.07) is 30.3. The van der Waals surface area contributed by atoms with E-state index in [0.717, 1.165) is 39.1 Å². The average molecular weight is 531 g/mol. The molecule has 0 saturated heterocycles. The first-order valence-electron chi connectivity index (χ1n) is 11.9. The Balaban J connectivity index is 1.30. The van der Waals surface area contributed by atoms with Gasteiger partial charge in [0.25, 0.3) is 0 Å². The highest BCUT2D eigenvalue weighted by Gasteiger charge is 2.31. The summed E-state index contributed by atoms with van der Waals surface area (Å²) >= 11 is 1.47. The molecule has 0 unspecified atom stereocenters. The first-order chi connectivity index (χ1) is 18.4. The number of benzene rings is 4. The molecule has 38 heavy (non-hydrogen) atoms. The predicted molar refractivity (Wildman–Crippen MR) is 143 cm³/mol. The van der Waals surface area contributed by atoms with Crippen LogP contribution in [0.4, 0.5) is 13.2 Å². The molecule has 5 nitrogen and oxygen atoms in total. The van der Waals surface area contributed by atoms with Gasteiger partial charge in [0.05, 0.1) is 5.52 Å². The van der Waals surface area contributed by atoms with Crippen LogP contribution >= 0.6 is 11.8 Å². The summed E-state index contributed by atoms with van der Waals surface area (Å²) in [5.74, 6) is 1.06. The van der Waals surface area contributed by atoms with E-state index in [1.165, 1.54) is 29.3 Å². The number of fused-ring (bicyclic) bond motifs is 3. The van der Waals surface area contributed by atoms with E-state index in [9.17, 15) is 13.2 Å². The molecule has 2 heterocycles. The van der Waals surface area contributed by atoms with E-state index in [1.807, 2.05) is 47.0 Å². The number of nitrogens with one attached hydrogen (secondary N) is 1. The first-order valence-corrected chi connectivity index (χ1v) is 12.9. The second-order valence-corrected chi connectivity index (χ2v) is 9.68. The smallest absolute Gasteiger partial charge is 0.406 e. The third-order valence-electron chi connectivity index (χ3n) is 6.22. The standard InChI is InChI=1S/C29H21F3N4OS/c30-29(31,32)37-22-15-13-19(14-16-22)18-38-28-35-34-26(36(28)21-8-2-1-3-9-21)17-20-7-6-11-24-23-10-4-5-12-25(23)33-27(20)24/h1-16,33H,17-18H2. The zero-order chi connectivity index (χ0) is 26.1. The fourth-order valence-electron chi connectivity index (χ4n) is 4.53. The van der Waals surface area contributed by atoms with Crippen LogP contribution in [0.15, 0.2) is 102 Å². The van der Waals surface area contributed by atoms with E-state index in [4.69, 9.17) is 0 Å². The van der Waals surface area contributed by atoms with E-state index < -0.39 is 6.36 Å². The Kier molecular flexibility index (Phi) is 6.29. The minimum absolute atomic E-state index is 0.243. The highest BCUT2D eigenvalue weighted by Crippen LogP contribution is 2.31. The number of alkyl halides is 3. The van der Waals surface area contributed by atoms with Gasteiger partial charge in [0.1, 0.15) is 11.6 Å². The Morgan fingerprint density at radius 3 is 2.32 bits per heavy atom. The summed E-state index contributed by atoms with van der Waals surface area (Å²) in [5.41, 5.74) is 5.05. The Bertz CT molecular complexity index is 1710. The van der Waals surface area contributed by atoms with Gasteiger partial charge < -0.3 is 9.72 Å². The Morgan fingerprint density at radius 1 is 0.789 bits per heavy atom. The van der Waals surface area contributed by atoms with Crippen LogP contribution in [-0.4, -0.2) is 26.1 Å². The molecular weight excluding hydrogens is 509 g/mol. The molecule has 0 aliphatic heterocycles. The highest BCUT2D eigenvalue weighted by molar-refractivity contribution is 7.98. The van der Waals surface area contributed by atoms with Crippen molar-refractivity contribution in [1.82, 2.24) is 19.7 Å². The molecule has 6 aromatic rings. The molecule has 0 aliphatic rings. The lowest BCUT2D eigenvalue weighted by molar-refractivity contribution is -0.274. The van der Waals surface area contributed by atoms with Crippen LogP contribution in [0.5, 0.6) is 5.75 Å². The van der Waals surface area contributed by atoms with Crippen LogP contribution in [0.25, 0.3) is 27.5 Å². The number of hydrogen-bond donors (Lipinski definition) is 1. The van der Waals surface area contributed by atoms with Gasteiger partial charge in [-0.1, -0.05) is 78.5 Å². The van der Waals surface area contributed by atoms with Gasteiger partial charge >= 0.3 is 6.36 Å². The zero-order valence-electron chi connectivity index (χ0n) is 19.9. The minimum Gasteiger partial charge on any atom is -0.406 e. The molecule has 0 amide bonds. The predicted octanol–water partition coefficient (Wildman–Crippen LogP) is 7.68. The minimum atomic E-state index is -4.71. The molecule has 9 heteroatoms. The molecule has 0 bridgehead atoms. The van der Waals surface area contributed by atoms with Crippen molar-refractivity contribution >= 4 is 33.6 Å². The number of para-hydroxylation sites is 3. The summed E-state index contributed by atoms with van der Waals surface area (Å²) < 4.78 is 43.4. The second-order valence-electron chi connectivity index (χ2n) is 8.74.